The Morgan fingerprint density at radius 2 is 1.64 bits per heavy atom. The molecule has 0 spiro atoms. The standard InChI is InChI=1S/C16H32N2O3S/c1-13(19)14-6-5-9-18(12-14)22(20,21)17-10-7-15(8-11-17)16(2,3)4/h13-15,19H,5-12H2,1-4H3. The van der Waals surface area contributed by atoms with Gasteiger partial charge in [-0.2, -0.15) is 17.0 Å². The third kappa shape index (κ3) is 4.02. The molecule has 2 rings (SSSR count). The van der Waals surface area contributed by atoms with Crippen LogP contribution in [0.3, 0.4) is 0 Å². The second-order valence-electron chi connectivity index (χ2n) is 8.05. The Bertz CT molecular complexity index is 462. The fourth-order valence-electron chi connectivity index (χ4n) is 3.69. The van der Waals surface area contributed by atoms with Crippen molar-refractivity contribution >= 4 is 10.2 Å². The van der Waals surface area contributed by atoms with Crippen LogP contribution in [0.5, 0.6) is 0 Å². The predicted octanol–water partition coefficient (Wildman–Crippen LogP) is 2.08. The molecule has 1 N–H and O–H groups in total. The first-order valence-electron chi connectivity index (χ1n) is 8.55. The summed E-state index contributed by atoms with van der Waals surface area (Å²) in [4.78, 5) is 0. The summed E-state index contributed by atoms with van der Waals surface area (Å²) in [6.07, 6.45) is 3.19. The summed E-state index contributed by atoms with van der Waals surface area (Å²) in [7, 11) is -3.36. The van der Waals surface area contributed by atoms with E-state index in [1.54, 1.807) is 15.5 Å². The van der Waals surface area contributed by atoms with Crippen LogP contribution in [-0.2, 0) is 10.2 Å². The first kappa shape index (κ1) is 18.2. The van der Waals surface area contributed by atoms with Crippen molar-refractivity contribution in [3.05, 3.63) is 0 Å². The molecule has 2 fully saturated rings. The van der Waals surface area contributed by atoms with Gasteiger partial charge in [0.25, 0.3) is 10.2 Å². The number of nitrogens with zero attached hydrogens (tertiary/aromatic N) is 2. The summed E-state index contributed by atoms with van der Waals surface area (Å²) in [5.74, 6) is 0.654. The van der Waals surface area contributed by atoms with Crippen molar-refractivity contribution in [1.29, 1.82) is 0 Å². The van der Waals surface area contributed by atoms with Crippen molar-refractivity contribution in [2.24, 2.45) is 17.3 Å². The fraction of sp³-hybridized carbons (Fsp3) is 1.00. The molecule has 0 aromatic carbocycles. The van der Waals surface area contributed by atoms with E-state index in [4.69, 9.17) is 0 Å². The Morgan fingerprint density at radius 1 is 1.05 bits per heavy atom. The Hall–Kier alpha value is -0.170. The third-order valence-corrected chi connectivity index (χ3v) is 7.44. The van der Waals surface area contributed by atoms with E-state index in [2.05, 4.69) is 20.8 Å². The van der Waals surface area contributed by atoms with Gasteiger partial charge in [0.15, 0.2) is 0 Å². The predicted molar refractivity (Wildman–Crippen MR) is 88.6 cm³/mol. The largest absolute Gasteiger partial charge is 0.393 e. The summed E-state index contributed by atoms with van der Waals surface area (Å²) in [6.45, 7) is 10.8. The molecule has 2 unspecified atom stereocenters. The van der Waals surface area contributed by atoms with Gasteiger partial charge in [0.05, 0.1) is 6.10 Å². The Balaban J connectivity index is 1.99. The lowest BCUT2D eigenvalue weighted by Crippen LogP contribution is -2.51. The van der Waals surface area contributed by atoms with E-state index >= 15 is 0 Å². The number of aliphatic hydroxyl groups is 1. The van der Waals surface area contributed by atoms with E-state index in [0.717, 1.165) is 25.7 Å². The molecule has 2 aliphatic heterocycles. The van der Waals surface area contributed by atoms with E-state index in [1.165, 1.54) is 0 Å². The van der Waals surface area contributed by atoms with Gasteiger partial charge in [-0.25, -0.2) is 0 Å². The van der Waals surface area contributed by atoms with Crippen molar-refractivity contribution in [3.63, 3.8) is 0 Å². The fourth-order valence-corrected chi connectivity index (χ4v) is 5.43. The average Bonchev–Trinajstić information content (AvgIpc) is 2.46. The number of rotatable bonds is 3. The molecule has 0 aromatic rings. The van der Waals surface area contributed by atoms with Crippen LogP contribution in [0.4, 0.5) is 0 Å². The summed E-state index contributed by atoms with van der Waals surface area (Å²) >= 11 is 0. The zero-order valence-electron chi connectivity index (χ0n) is 14.5. The van der Waals surface area contributed by atoms with Crippen LogP contribution in [0.15, 0.2) is 0 Å². The van der Waals surface area contributed by atoms with Gasteiger partial charge in [0.1, 0.15) is 0 Å². The molecule has 0 bridgehead atoms. The van der Waals surface area contributed by atoms with Crippen molar-refractivity contribution in [3.8, 4) is 0 Å². The summed E-state index contributed by atoms with van der Waals surface area (Å²) in [5.41, 5.74) is 0.248. The van der Waals surface area contributed by atoms with Crippen molar-refractivity contribution in [2.45, 2.75) is 59.5 Å². The van der Waals surface area contributed by atoms with E-state index in [9.17, 15) is 13.5 Å². The normalized spacial score (nSPS) is 28.7. The molecule has 0 aromatic heterocycles. The molecule has 0 saturated carbocycles. The summed E-state index contributed by atoms with van der Waals surface area (Å²) < 4.78 is 28.9. The topological polar surface area (TPSA) is 60.9 Å². The van der Waals surface area contributed by atoms with Gasteiger partial charge in [-0.1, -0.05) is 20.8 Å². The van der Waals surface area contributed by atoms with Crippen LogP contribution in [0, 0.1) is 17.3 Å². The second-order valence-corrected chi connectivity index (χ2v) is 9.98. The van der Waals surface area contributed by atoms with Gasteiger partial charge in [-0.05, 0) is 49.9 Å². The average molecular weight is 333 g/mol. The molecule has 2 heterocycles. The van der Waals surface area contributed by atoms with Crippen molar-refractivity contribution < 1.29 is 13.5 Å². The van der Waals surface area contributed by atoms with Crippen LogP contribution >= 0.6 is 0 Å². The molecule has 2 saturated heterocycles. The lowest BCUT2D eigenvalue weighted by atomic mass is 9.76. The minimum absolute atomic E-state index is 0.0654. The van der Waals surface area contributed by atoms with Crippen molar-refractivity contribution in [2.75, 3.05) is 26.2 Å². The lowest BCUT2D eigenvalue weighted by Gasteiger charge is -2.41. The van der Waals surface area contributed by atoms with Gasteiger partial charge >= 0.3 is 0 Å². The smallest absolute Gasteiger partial charge is 0.281 e. The van der Waals surface area contributed by atoms with E-state index in [0.29, 0.717) is 32.1 Å². The summed E-state index contributed by atoms with van der Waals surface area (Å²) in [6, 6.07) is 0. The van der Waals surface area contributed by atoms with Gasteiger partial charge < -0.3 is 5.11 Å². The molecule has 2 atom stereocenters. The van der Waals surface area contributed by atoms with Crippen LogP contribution in [0.25, 0.3) is 0 Å². The molecular formula is C16H32N2O3S. The van der Waals surface area contributed by atoms with Gasteiger partial charge in [0, 0.05) is 26.2 Å². The maximum absolute atomic E-state index is 12.8. The molecule has 0 amide bonds. The molecule has 0 radical (unpaired) electrons. The van der Waals surface area contributed by atoms with Crippen LogP contribution < -0.4 is 0 Å². The molecule has 130 valence electrons. The minimum Gasteiger partial charge on any atom is -0.393 e. The van der Waals surface area contributed by atoms with E-state index in [1.807, 2.05) is 0 Å². The van der Waals surface area contributed by atoms with E-state index < -0.39 is 16.3 Å². The van der Waals surface area contributed by atoms with Crippen LogP contribution in [-0.4, -0.2) is 54.4 Å². The minimum atomic E-state index is -3.36. The quantitative estimate of drug-likeness (QED) is 0.861. The SMILES string of the molecule is CC(O)C1CCCN(S(=O)(=O)N2CCC(C(C)(C)C)CC2)C1. The molecular weight excluding hydrogens is 300 g/mol. The maximum Gasteiger partial charge on any atom is 0.281 e. The zero-order chi connectivity index (χ0) is 16.5. The highest BCUT2D eigenvalue weighted by Gasteiger charge is 2.38. The highest BCUT2D eigenvalue weighted by Crippen LogP contribution is 2.35. The highest BCUT2D eigenvalue weighted by molar-refractivity contribution is 7.86. The lowest BCUT2D eigenvalue weighted by molar-refractivity contribution is 0.0847. The third-order valence-electron chi connectivity index (χ3n) is 5.43. The molecule has 2 aliphatic rings. The monoisotopic (exact) mass is 332 g/mol. The Labute approximate surface area is 135 Å². The first-order valence-corrected chi connectivity index (χ1v) is 9.95. The number of hydrogen-bond donors (Lipinski definition) is 1. The number of hydrogen-bond acceptors (Lipinski definition) is 3. The Kier molecular flexibility index (Phi) is 5.58. The second kappa shape index (κ2) is 6.75. The molecule has 22 heavy (non-hydrogen) atoms. The van der Waals surface area contributed by atoms with E-state index in [-0.39, 0.29) is 11.3 Å². The molecule has 6 heteroatoms. The van der Waals surface area contributed by atoms with Gasteiger partial charge in [-0.15, -0.1) is 0 Å². The number of aliphatic hydroxyl groups excluding tert-OH is 1. The van der Waals surface area contributed by atoms with Gasteiger partial charge in [-0.3, -0.25) is 0 Å². The highest BCUT2D eigenvalue weighted by atomic mass is 32.2. The van der Waals surface area contributed by atoms with Crippen LogP contribution in [0.1, 0.15) is 53.4 Å². The molecule has 0 aliphatic carbocycles. The molecule has 5 nitrogen and oxygen atoms in total. The maximum atomic E-state index is 12.8. The number of piperidine rings is 2. The van der Waals surface area contributed by atoms with Gasteiger partial charge in [0.2, 0.25) is 0 Å². The van der Waals surface area contributed by atoms with Crippen LogP contribution in [0.2, 0.25) is 0 Å². The first-order chi connectivity index (χ1) is 10.1. The van der Waals surface area contributed by atoms with Crippen molar-refractivity contribution in [1.82, 2.24) is 8.61 Å². The zero-order valence-corrected chi connectivity index (χ0v) is 15.3. The summed E-state index contributed by atoms with van der Waals surface area (Å²) in [5, 5.41) is 9.76. The Morgan fingerprint density at radius 3 is 2.14 bits per heavy atom.